The van der Waals surface area contributed by atoms with Gasteiger partial charge in [0.1, 0.15) is 0 Å². The second-order valence-corrected chi connectivity index (χ2v) is 12.9. The van der Waals surface area contributed by atoms with Gasteiger partial charge in [-0.3, -0.25) is 0 Å². The van der Waals surface area contributed by atoms with E-state index in [2.05, 4.69) is 0 Å². The van der Waals surface area contributed by atoms with E-state index in [0.29, 0.717) is 0 Å². The minimum atomic E-state index is 1.15. The zero-order valence-electron chi connectivity index (χ0n) is 18.2. The Morgan fingerprint density at radius 1 is 0.286 bits per heavy atom. The van der Waals surface area contributed by atoms with Crippen LogP contribution in [0.15, 0.2) is 0 Å². The molecule has 0 aliphatic heterocycles. The lowest BCUT2D eigenvalue weighted by Gasteiger charge is -2.68. The van der Waals surface area contributed by atoms with E-state index >= 15 is 0 Å². The SMILES string of the molecule is C1CCC2C(C1)CC1CCCC3C1C2C1CCCC2CC4CCCCC4C3C21. The lowest BCUT2D eigenvalue weighted by Crippen LogP contribution is -2.62. The van der Waals surface area contributed by atoms with Crippen LogP contribution in [0, 0.1) is 71.0 Å². The van der Waals surface area contributed by atoms with Gasteiger partial charge in [-0.2, -0.15) is 0 Å². The molecule has 0 nitrogen and oxygen atoms in total. The molecule has 0 bridgehead atoms. The highest BCUT2D eigenvalue weighted by atomic mass is 14.7. The van der Waals surface area contributed by atoms with Crippen LogP contribution in [0.3, 0.4) is 0 Å². The van der Waals surface area contributed by atoms with Crippen molar-refractivity contribution in [2.24, 2.45) is 71.0 Å². The van der Waals surface area contributed by atoms with Gasteiger partial charge in [-0.05, 0) is 110 Å². The van der Waals surface area contributed by atoms with E-state index in [9.17, 15) is 0 Å². The molecule has 12 unspecified atom stereocenters. The van der Waals surface area contributed by atoms with Crippen LogP contribution in [0.4, 0.5) is 0 Å². The molecule has 0 aromatic heterocycles. The predicted octanol–water partition coefficient (Wildman–Crippen LogP) is 7.72. The highest BCUT2D eigenvalue weighted by molar-refractivity contribution is 5.11. The number of hydrogen-bond donors (Lipinski definition) is 0. The van der Waals surface area contributed by atoms with Crippen LogP contribution < -0.4 is 0 Å². The third-order valence-corrected chi connectivity index (χ3v) is 12.3. The van der Waals surface area contributed by atoms with E-state index in [-0.39, 0.29) is 0 Å². The van der Waals surface area contributed by atoms with Crippen LogP contribution in [0.1, 0.15) is 103 Å². The van der Waals surface area contributed by atoms with Crippen molar-refractivity contribution < 1.29 is 0 Å². The van der Waals surface area contributed by atoms with Crippen LogP contribution in [-0.4, -0.2) is 0 Å². The predicted molar refractivity (Wildman–Crippen MR) is 116 cm³/mol. The van der Waals surface area contributed by atoms with Gasteiger partial charge in [0.05, 0.1) is 0 Å². The molecule has 0 aromatic rings. The first-order valence-electron chi connectivity index (χ1n) is 13.9. The second kappa shape index (κ2) is 6.75. The molecule has 28 heavy (non-hydrogen) atoms. The molecule has 156 valence electrons. The largest absolute Gasteiger partial charge is 0.0530 e. The molecule has 0 N–H and O–H groups in total. The minimum Gasteiger partial charge on any atom is -0.0530 e. The van der Waals surface area contributed by atoms with Crippen molar-refractivity contribution in [3.8, 4) is 0 Å². The summed E-state index contributed by atoms with van der Waals surface area (Å²) in [6.07, 6.45) is 25.9. The number of fused-ring (bicyclic) bond motifs is 6. The van der Waals surface area contributed by atoms with E-state index in [0.717, 1.165) is 23.7 Å². The third-order valence-electron chi connectivity index (χ3n) is 12.3. The van der Waals surface area contributed by atoms with E-state index in [1.165, 1.54) is 47.3 Å². The summed E-state index contributed by atoms with van der Waals surface area (Å²) in [5.41, 5.74) is 0. The molecule has 7 aliphatic rings. The normalized spacial score (nSPS) is 60.0. The maximum atomic E-state index is 1.67. The van der Waals surface area contributed by atoms with Crippen molar-refractivity contribution in [1.82, 2.24) is 0 Å². The maximum absolute atomic E-state index is 1.67. The van der Waals surface area contributed by atoms with Crippen LogP contribution in [0.5, 0.6) is 0 Å². The smallest absolute Gasteiger partial charge is 0.0318 e. The van der Waals surface area contributed by atoms with E-state index in [4.69, 9.17) is 0 Å². The first kappa shape index (κ1) is 17.7. The van der Waals surface area contributed by atoms with Gasteiger partial charge in [0.2, 0.25) is 0 Å². The fraction of sp³-hybridized carbons (Fsp3) is 1.00. The summed E-state index contributed by atoms with van der Waals surface area (Å²) in [6.45, 7) is 0. The van der Waals surface area contributed by atoms with Crippen LogP contribution >= 0.6 is 0 Å². The molecule has 7 saturated carbocycles. The molecule has 0 heteroatoms. The molecule has 0 amide bonds. The molecule has 7 rings (SSSR count). The Labute approximate surface area is 174 Å². The van der Waals surface area contributed by atoms with Crippen LogP contribution in [0.2, 0.25) is 0 Å². The standard InChI is InChI=1S/C28H44/c1-3-11-21-17(7-1)15-19-9-5-14-24-25(19)27(21)23-13-6-10-20-16-18-8-2-4-12-22(18)28(24)26(20)23/h17-28H,1-16H2. The average Bonchev–Trinajstić information content (AvgIpc) is 2.75. The molecule has 0 aromatic carbocycles. The van der Waals surface area contributed by atoms with Crippen molar-refractivity contribution in [3.05, 3.63) is 0 Å². The molecule has 0 spiro atoms. The third kappa shape index (κ3) is 2.42. The van der Waals surface area contributed by atoms with Crippen molar-refractivity contribution in [3.63, 3.8) is 0 Å². The number of rotatable bonds is 0. The van der Waals surface area contributed by atoms with Gasteiger partial charge < -0.3 is 0 Å². The molecular weight excluding hydrogens is 336 g/mol. The Bertz CT molecular complexity index is 541. The zero-order valence-corrected chi connectivity index (χ0v) is 18.2. The van der Waals surface area contributed by atoms with Crippen molar-refractivity contribution in [1.29, 1.82) is 0 Å². The molecule has 0 radical (unpaired) electrons. The Morgan fingerprint density at radius 3 is 1.18 bits per heavy atom. The topological polar surface area (TPSA) is 0 Å². The Balaban J connectivity index is 1.32. The Morgan fingerprint density at radius 2 is 0.679 bits per heavy atom. The summed E-state index contributed by atoms with van der Waals surface area (Å²) in [4.78, 5) is 0. The van der Waals surface area contributed by atoms with Gasteiger partial charge in [-0.25, -0.2) is 0 Å². The summed E-state index contributed by atoms with van der Waals surface area (Å²) < 4.78 is 0. The van der Waals surface area contributed by atoms with Crippen LogP contribution in [0.25, 0.3) is 0 Å². The molecule has 0 heterocycles. The van der Waals surface area contributed by atoms with Crippen molar-refractivity contribution >= 4 is 0 Å². The van der Waals surface area contributed by atoms with Crippen molar-refractivity contribution in [2.75, 3.05) is 0 Å². The van der Waals surface area contributed by atoms with Crippen LogP contribution in [-0.2, 0) is 0 Å². The molecule has 7 aliphatic carbocycles. The molecule has 12 atom stereocenters. The maximum Gasteiger partial charge on any atom is -0.0318 e. The highest BCUT2D eigenvalue weighted by Crippen LogP contribution is 2.70. The fourth-order valence-corrected chi connectivity index (χ4v) is 12.0. The summed E-state index contributed by atoms with van der Waals surface area (Å²) >= 11 is 0. The second-order valence-electron chi connectivity index (χ2n) is 12.9. The van der Waals surface area contributed by atoms with E-state index in [1.807, 2.05) is 0 Å². The Kier molecular flexibility index (Phi) is 4.26. The van der Waals surface area contributed by atoms with Gasteiger partial charge in [-0.15, -0.1) is 0 Å². The summed E-state index contributed by atoms with van der Waals surface area (Å²) in [5, 5.41) is 0. The monoisotopic (exact) mass is 380 g/mol. The zero-order chi connectivity index (χ0) is 18.2. The summed E-state index contributed by atoms with van der Waals surface area (Å²) in [6, 6.07) is 0. The quantitative estimate of drug-likeness (QED) is 0.403. The summed E-state index contributed by atoms with van der Waals surface area (Å²) in [7, 11) is 0. The lowest BCUT2D eigenvalue weighted by molar-refractivity contribution is -0.200. The van der Waals surface area contributed by atoms with Crippen molar-refractivity contribution in [2.45, 2.75) is 103 Å². The average molecular weight is 381 g/mol. The first-order chi connectivity index (χ1) is 13.9. The minimum absolute atomic E-state index is 1.15. The van der Waals surface area contributed by atoms with E-state index < -0.39 is 0 Å². The molecule has 7 fully saturated rings. The first-order valence-corrected chi connectivity index (χ1v) is 13.9. The molecular formula is C28H44. The van der Waals surface area contributed by atoms with Gasteiger partial charge in [0.25, 0.3) is 0 Å². The Hall–Kier alpha value is 0. The van der Waals surface area contributed by atoms with Gasteiger partial charge >= 0.3 is 0 Å². The van der Waals surface area contributed by atoms with Gasteiger partial charge in [-0.1, -0.05) is 64.2 Å². The van der Waals surface area contributed by atoms with Gasteiger partial charge in [0.15, 0.2) is 0 Å². The number of hydrogen-bond acceptors (Lipinski definition) is 0. The highest BCUT2D eigenvalue weighted by Gasteiger charge is 2.63. The molecule has 0 saturated heterocycles. The van der Waals surface area contributed by atoms with E-state index in [1.54, 1.807) is 103 Å². The summed E-state index contributed by atoms with van der Waals surface area (Å²) in [5.74, 6) is 14.1. The lowest BCUT2D eigenvalue weighted by atomic mass is 9.37. The fourth-order valence-electron chi connectivity index (χ4n) is 12.0. The van der Waals surface area contributed by atoms with Gasteiger partial charge in [0, 0.05) is 0 Å².